The summed E-state index contributed by atoms with van der Waals surface area (Å²) in [4.78, 5) is 14.2. The zero-order valence-electron chi connectivity index (χ0n) is 13.1. The Hall–Kier alpha value is -1.55. The fourth-order valence-electron chi connectivity index (χ4n) is 2.70. The Kier molecular flexibility index (Phi) is 6.05. The Bertz CT molecular complexity index is 439. The lowest BCUT2D eigenvalue weighted by atomic mass is 10.1. The minimum absolute atomic E-state index is 0.0852. The second-order valence-corrected chi connectivity index (χ2v) is 5.75. The van der Waals surface area contributed by atoms with Crippen molar-refractivity contribution in [3.63, 3.8) is 0 Å². The van der Waals surface area contributed by atoms with Crippen molar-refractivity contribution in [1.82, 2.24) is 4.90 Å². The average molecular weight is 290 g/mol. The van der Waals surface area contributed by atoms with Gasteiger partial charge in [0.25, 0.3) is 0 Å². The molecular weight excluding hydrogens is 264 g/mol. The quantitative estimate of drug-likeness (QED) is 0.899. The third-order valence-corrected chi connectivity index (χ3v) is 3.88. The Morgan fingerprint density at radius 3 is 2.52 bits per heavy atom. The van der Waals surface area contributed by atoms with Gasteiger partial charge < -0.3 is 4.74 Å². The van der Waals surface area contributed by atoms with Gasteiger partial charge in [-0.25, -0.2) is 4.79 Å². The van der Waals surface area contributed by atoms with Gasteiger partial charge in [-0.05, 0) is 57.0 Å². The van der Waals surface area contributed by atoms with Crippen LogP contribution in [-0.4, -0.2) is 36.7 Å². The lowest BCUT2D eigenvalue weighted by Crippen LogP contribution is -2.37. The number of ether oxygens (including phenoxy) is 1. The van der Waals surface area contributed by atoms with Crippen LogP contribution in [0.25, 0.3) is 0 Å². The van der Waals surface area contributed by atoms with Crippen molar-refractivity contribution >= 4 is 11.8 Å². The van der Waals surface area contributed by atoms with Gasteiger partial charge in [0.2, 0.25) is 0 Å². The van der Waals surface area contributed by atoms with Crippen molar-refractivity contribution in [2.45, 2.75) is 45.6 Å². The monoisotopic (exact) mass is 290 g/mol. The maximum Gasteiger partial charge on any atom is 0.411 e. The van der Waals surface area contributed by atoms with Gasteiger partial charge in [0.05, 0.1) is 0 Å². The molecule has 0 aromatic heterocycles. The number of rotatable bonds is 5. The first-order chi connectivity index (χ1) is 10.2. The summed E-state index contributed by atoms with van der Waals surface area (Å²) in [5.74, 6) is 0. The molecule has 116 valence electrons. The highest BCUT2D eigenvalue weighted by molar-refractivity contribution is 5.84. The van der Waals surface area contributed by atoms with E-state index in [-0.39, 0.29) is 12.2 Å². The molecule has 4 heteroatoms. The Morgan fingerprint density at radius 1 is 1.24 bits per heavy atom. The lowest BCUT2D eigenvalue weighted by Gasteiger charge is -2.28. The molecular formula is C17H26N2O2. The largest absolute Gasteiger partial charge is 0.445 e. The van der Waals surface area contributed by atoms with Crippen LogP contribution in [-0.2, 0) is 11.2 Å². The molecule has 1 aromatic rings. The summed E-state index contributed by atoms with van der Waals surface area (Å²) in [6.45, 7) is 7.12. The molecule has 1 heterocycles. The Labute approximate surface area is 127 Å². The summed E-state index contributed by atoms with van der Waals surface area (Å²) in [6, 6.07) is 7.87. The average Bonchev–Trinajstić information content (AvgIpc) is 2.48. The maximum absolute atomic E-state index is 11.9. The standard InChI is InChI=1S/C17H26N2O2/c1-3-15-7-9-16(10-8-15)18-17(20)21-14(2)13-19-11-5-4-6-12-19/h7-10,14H,3-6,11-13H2,1-2H3,(H,18,20)/t14-/m1/s1. The van der Waals surface area contributed by atoms with Gasteiger partial charge in [-0.2, -0.15) is 0 Å². The van der Waals surface area contributed by atoms with Crippen LogP contribution in [0.15, 0.2) is 24.3 Å². The van der Waals surface area contributed by atoms with E-state index < -0.39 is 0 Å². The maximum atomic E-state index is 11.9. The van der Waals surface area contributed by atoms with Crippen LogP contribution < -0.4 is 5.32 Å². The number of hydrogen-bond acceptors (Lipinski definition) is 3. The summed E-state index contributed by atoms with van der Waals surface area (Å²) in [7, 11) is 0. The third-order valence-electron chi connectivity index (χ3n) is 3.88. The van der Waals surface area contributed by atoms with Crippen molar-refractivity contribution < 1.29 is 9.53 Å². The summed E-state index contributed by atoms with van der Waals surface area (Å²) in [5, 5.41) is 2.78. The number of aryl methyl sites for hydroxylation is 1. The smallest absolute Gasteiger partial charge is 0.411 e. The van der Waals surface area contributed by atoms with Crippen LogP contribution in [0.3, 0.4) is 0 Å². The minimum Gasteiger partial charge on any atom is -0.445 e. The molecule has 1 aliphatic rings. The molecule has 1 saturated heterocycles. The summed E-state index contributed by atoms with van der Waals surface area (Å²) < 4.78 is 5.42. The molecule has 1 aromatic carbocycles. The van der Waals surface area contributed by atoms with Gasteiger partial charge in [-0.3, -0.25) is 10.2 Å². The van der Waals surface area contributed by atoms with Gasteiger partial charge in [0, 0.05) is 12.2 Å². The van der Waals surface area contributed by atoms with E-state index in [1.807, 2.05) is 31.2 Å². The predicted molar refractivity (Wildman–Crippen MR) is 85.7 cm³/mol. The number of benzene rings is 1. The summed E-state index contributed by atoms with van der Waals surface area (Å²) >= 11 is 0. The third kappa shape index (κ3) is 5.38. The first kappa shape index (κ1) is 15.8. The van der Waals surface area contributed by atoms with Crippen LogP contribution >= 0.6 is 0 Å². The van der Waals surface area contributed by atoms with Gasteiger partial charge in [0.1, 0.15) is 6.10 Å². The Balaban J connectivity index is 1.74. The molecule has 0 aliphatic carbocycles. The van der Waals surface area contributed by atoms with Crippen LogP contribution in [0.4, 0.5) is 10.5 Å². The van der Waals surface area contributed by atoms with Crippen LogP contribution in [0.1, 0.15) is 38.7 Å². The van der Waals surface area contributed by atoms with E-state index in [9.17, 15) is 4.79 Å². The molecule has 0 radical (unpaired) electrons. The van der Waals surface area contributed by atoms with Crippen molar-refractivity contribution in [3.8, 4) is 0 Å². The first-order valence-corrected chi connectivity index (χ1v) is 7.96. The highest BCUT2D eigenvalue weighted by Crippen LogP contribution is 2.12. The SMILES string of the molecule is CCc1ccc(NC(=O)O[C@H](C)CN2CCCCC2)cc1. The summed E-state index contributed by atoms with van der Waals surface area (Å²) in [5.41, 5.74) is 2.04. The molecule has 0 unspecified atom stereocenters. The molecule has 4 nitrogen and oxygen atoms in total. The zero-order chi connectivity index (χ0) is 15.1. The van der Waals surface area contributed by atoms with Crippen LogP contribution in [0.5, 0.6) is 0 Å². The van der Waals surface area contributed by atoms with Gasteiger partial charge in [-0.15, -0.1) is 0 Å². The second kappa shape index (κ2) is 8.03. The van der Waals surface area contributed by atoms with Crippen molar-refractivity contribution in [1.29, 1.82) is 0 Å². The predicted octanol–water partition coefficient (Wildman–Crippen LogP) is 3.67. The van der Waals surface area contributed by atoms with E-state index in [1.165, 1.54) is 24.8 Å². The van der Waals surface area contributed by atoms with Gasteiger partial charge in [0.15, 0.2) is 0 Å². The number of amides is 1. The number of nitrogens with zero attached hydrogens (tertiary/aromatic N) is 1. The van der Waals surface area contributed by atoms with E-state index in [2.05, 4.69) is 17.1 Å². The van der Waals surface area contributed by atoms with Crippen LogP contribution in [0, 0.1) is 0 Å². The molecule has 1 N–H and O–H groups in total. The molecule has 1 aliphatic heterocycles. The number of carbonyl (C=O) groups is 1. The molecule has 21 heavy (non-hydrogen) atoms. The first-order valence-electron chi connectivity index (χ1n) is 7.96. The number of likely N-dealkylation sites (tertiary alicyclic amines) is 1. The zero-order valence-corrected chi connectivity index (χ0v) is 13.1. The number of hydrogen-bond donors (Lipinski definition) is 1. The molecule has 0 spiro atoms. The number of nitrogens with one attached hydrogen (secondary N) is 1. The van der Waals surface area contributed by atoms with Crippen molar-refractivity contribution in [2.24, 2.45) is 0 Å². The highest BCUT2D eigenvalue weighted by Gasteiger charge is 2.16. The topological polar surface area (TPSA) is 41.6 Å². The molecule has 1 fully saturated rings. The van der Waals surface area contributed by atoms with E-state index in [4.69, 9.17) is 4.74 Å². The van der Waals surface area contributed by atoms with Gasteiger partial charge in [-0.1, -0.05) is 25.5 Å². The lowest BCUT2D eigenvalue weighted by molar-refractivity contribution is 0.0833. The molecule has 0 bridgehead atoms. The van der Waals surface area contributed by atoms with E-state index >= 15 is 0 Å². The number of anilines is 1. The minimum atomic E-state index is -0.372. The summed E-state index contributed by atoms with van der Waals surface area (Å²) in [6.07, 6.45) is 4.37. The fourth-order valence-corrected chi connectivity index (χ4v) is 2.70. The second-order valence-electron chi connectivity index (χ2n) is 5.75. The number of carbonyl (C=O) groups excluding carboxylic acids is 1. The molecule has 1 amide bonds. The molecule has 1 atom stereocenters. The van der Waals surface area contributed by atoms with Crippen LogP contribution in [0.2, 0.25) is 0 Å². The fraction of sp³-hybridized carbons (Fsp3) is 0.588. The number of piperidine rings is 1. The highest BCUT2D eigenvalue weighted by atomic mass is 16.6. The van der Waals surface area contributed by atoms with E-state index in [0.29, 0.717) is 0 Å². The van der Waals surface area contributed by atoms with Crippen molar-refractivity contribution in [2.75, 3.05) is 25.0 Å². The van der Waals surface area contributed by atoms with E-state index in [1.54, 1.807) is 0 Å². The normalized spacial score (nSPS) is 17.2. The molecule has 2 rings (SSSR count). The molecule has 0 saturated carbocycles. The van der Waals surface area contributed by atoms with Gasteiger partial charge >= 0.3 is 6.09 Å². The van der Waals surface area contributed by atoms with E-state index in [0.717, 1.165) is 31.7 Å². The van der Waals surface area contributed by atoms with Crippen molar-refractivity contribution in [3.05, 3.63) is 29.8 Å². The Morgan fingerprint density at radius 2 is 1.90 bits per heavy atom.